The van der Waals surface area contributed by atoms with Crippen molar-refractivity contribution in [1.82, 2.24) is 0 Å². The summed E-state index contributed by atoms with van der Waals surface area (Å²) in [6.07, 6.45) is 1.05. The molecule has 1 unspecified atom stereocenters. The number of rotatable bonds is 4. The summed E-state index contributed by atoms with van der Waals surface area (Å²) in [6, 6.07) is 12.3. The molecule has 2 aromatic rings. The van der Waals surface area contributed by atoms with Crippen LogP contribution in [-0.4, -0.2) is 5.11 Å². The molecule has 0 spiro atoms. The predicted octanol–water partition coefficient (Wildman–Crippen LogP) is 4.20. The standard InChI is InChI=1S/C16H20OS/c1-12(2)10-13-6-4-7-14(11-13)16(3,17)15-8-5-9-18-15/h4-9,11-12,17H,10H2,1-3H3. The van der Waals surface area contributed by atoms with Crippen molar-refractivity contribution in [3.05, 3.63) is 57.8 Å². The molecule has 18 heavy (non-hydrogen) atoms. The maximum absolute atomic E-state index is 10.7. The summed E-state index contributed by atoms with van der Waals surface area (Å²) in [5.74, 6) is 0.631. The van der Waals surface area contributed by atoms with Crippen molar-refractivity contribution in [3.8, 4) is 0 Å². The smallest absolute Gasteiger partial charge is 0.121 e. The summed E-state index contributed by atoms with van der Waals surface area (Å²) in [6.45, 7) is 6.29. The molecule has 1 atom stereocenters. The van der Waals surface area contributed by atoms with Gasteiger partial charge in [0.2, 0.25) is 0 Å². The van der Waals surface area contributed by atoms with Gasteiger partial charge in [0.25, 0.3) is 0 Å². The fraction of sp³-hybridized carbons (Fsp3) is 0.375. The number of hydrogen-bond acceptors (Lipinski definition) is 2. The van der Waals surface area contributed by atoms with Crippen LogP contribution >= 0.6 is 11.3 Å². The molecule has 0 aliphatic rings. The Hall–Kier alpha value is -1.12. The molecule has 1 N–H and O–H groups in total. The van der Waals surface area contributed by atoms with Gasteiger partial charge < -0.3 is 5.11 Å². The third kappa shape index (κ3) is 2.82. The average Bonchev–Trinajstić information content (AvgIpc) is 2.82. The molecule has 0 saturated heterocycles. The van der Waals surface area contributed by atoms with Crippen LogP contribution in [0.2, 0.25) is 0 Å². The monoisotopic (exact) mass is 260 g/mol. The van der Waals surface area contributed by atoms with Crippen LogP contribution in [0.15, 0.2) is 41.8 Å². The summed E-state index contributed by atoms with van der Waals surface area (Å²) >= 11 is 1.59. The largest absolute Gasteiger partial charge is 0.380 e. The molecule has 96 valence electrons. The van der Waals surface area contributed by atoms with Crippen molar-refractivity contribution in [1.29, 1.82) is 0 Å². The van der Waals surface area contributed by atoms with Gasteiger partial charge in [-0.25, -0.2) is 0 Å². The Balaban J connectivity index is 2.33. The van der Waals surface area contributed by atoms with Gasteiger partial charge in [-0.3, -0.25) is 0 Å². The van der Waals surface area contributed by atoms with Crippen LogP contribution in [0.4, 0.5) is 0 Å². The highest BCUT2D eigenvalue weighted by molar-refractivity contribution is 7.10. The topological polar surface area (TPSA) is 20.2 Å². The van der Waals surface area contributed by atoms with Gasteiger partial charge in [-0.1, -0.05) is 44.2 Å². The minimum absolute atomic E-state index is 0.631. The van der Waals surface area contributed by atoms with Gasteiger partial charge in [-0.15, -0.1) is 11.3 Å². The lowest BCUT2D eigenvalue weighted by atomic mass is 9.91. The minimum atomic E-state index is -0.888. The molecule has 0 aliphatic carbocycles. The SMILES string of the molecule is CC(C)Cc1cccc(C(C)(O)c2cccs2)c1. The Labute approximate surface area is 113 Å². The van der Waals surface area contributed by atoms with E-state index in [1.807, 2.05) is 36.6 Å². The highest BCUT2D eigenvalue weighted by Crippen LogP contribution is 2.32. The summed E-state index contributed by atoms with van der Waals surface area (Å²) in [4.78, 5) is 0.990. The quantitative estimate of drug-likeness (QED) is 0.873. The Morgan fingerprint density at radius 3 is 2.61 bits per heavy atom. The molecule has 1 nitrogen and oxygen atoms in total. The molecule has 0 aliphatic heterocycles. The molecule has 1 heterocycles. The first-order valence-electron chi connectivity index (χ1n) is 6.36. The van der Waals surface area contributed by atoms with E-state index in [0.29, 0.717) is 5.92 Å². The average molecular weight is 260 g/mol. The van der Waals surface area contributed by atoms with Crippen molar-refractivity contribution >= 4 is 11.3 Å². The maximum atomic E-state index is 10.7. The molecular weight excluding hydrogens is 240 g/mol. The van der Waals surface area contributed by atoms with Gasteiger partial charge in [0.05, 0.1) is 0 Å². The first kappa shape index (κ1) is 13.3. The second-order valence-corrected chi connectivity index (χ2v) is 6.30. The molecule has 0 bridgehead atoms. The zero-order valence-corrected chi connectivity index (χ0v) is 12.0. The third-order valence-electron chi connectivity index (χ3n) is 3.13. The van der Waals surface area contributed by atoms with Crippen molar-refractivity contribution < 1.29 is 5.11 Å². The van der Waals surface area contributed by atoms with Gasteiger partial charge in [-0.2, -0.15) is 0 Å². The summed E-state index contributed by atoms with van der Waals surface area (Å²) in [7, 11) is 0. The van der Waals surface area contributed by atoms with Crippen LogP contribution in [0, 0.1) is 5.92 Å². The van der Waals surface area contributed by atoms with Crippen LogP contribution in [0.3, 0.4) is 0 Å². The Kier molecular flexibility index (Phi) is 3.88. The van der Waals surface area contributed by atoms with E-state index in [-0.39, 0.29) is 0 Å². The van der Waals surface area contributed by atoms with Crippen LogP contribution in [-0.2, 0) is 12.0 Å². The lowest BCUT2D eigenvalue weighted by molar-refractivity contribution is 0.106. The van der Waals surface area contributed by atoms with Crippen molar-refractivity contribution in [2.75, 3.05) is 0 Å². The molecule has 1 aromatic carbocycles. The lowest BCUT2D eigenvalue weighted by Gasteiger charge is -2.23. The molecule has 0 saturated carbocycles. The minimum Gasteiger partial charge on any atom is -0.380 e. The third-order valence-corrected chi connectivity index (χ3v) is 4.21. The van der Waals surface area contributed by atoms with E-state index < -0.39 is 5.60 Å². The number of thiophene rings is 1. The molecule has 0 fully saturated rings. The molecule has 0 amide bonds. The molecule has 2 heteroatoms. The van der Waals surface area contributed by atoms with Gasteiger partial charge in [0, 0.05) is 4.88 Å². The number of benzene rings is 1. The second kappa shape index (κ2) is 5.25. The maximum Gasteiger partial charge on any atom is 0.121 e. The van der Waals surface area contributed by atoms with Crippen molar-refractivity contribution in [2.24, 2.45) is 5.92 Å². The second-order valence-electron chi connectivity index (χ2n) is 5.35. The Bertz CT molecular complexity index is 498. The van der Waals surface area contributed by atoms with E-state index >= 15 is 0 Å². The molecule has 0 radical (unpaired) electrons. The van der Waals surface area contributed by atoms with E-state index in [1.54, 1.807) is 11.3 Å². The van der Waals surface area contributed by atoms with Gasteiger partial charge in [-0.05, 0) is 41.8 Å². The van der Waals surface area contributed by atoms with Gasteiger partial charge >= 0.3 is 0 Å². The highest BCUT2D eigenvalue weighted by Gasteiger charge is 2.26. The zero-order valence-electron chi connectivity index (χ0n) is 11.2. The van der Waals surface area contributed by atoms with E-state index in [0.717, 1.165) is 16.9 Å². The Morgan fingerprint density at radius 2 is 2.00 bits per heavy atom. The summed E-state index contributed by atoms with van der Waals surface area (Å²) in [5.41, 5.74) is 1.38. The highest BCUT2D eigenvalue weighted by atomic mass is 32.1. The zero-order chi connectivity index (χ0) is 13.2. The lowest BCUT2D eigenvalue weighted by Crippen LogP contribution is -2.21. The Morgan fingerprint density at radius 1 is 1.22 bits per heavy atom. The van der Waals surface area contributed by atoms with Gasteiger partial charge in [0.15, 0.2) is 0 Å². The number of hydrogen-bond donors (Lipinski definition) is 1. The molecular formula is C16H20OS. The van der Waals surface area contributed by atoms with Crippen molar-refractivity contribution in [2.45, 2.75) is 32.8 Å². The van der Waals surface area contributed by atoms with E-state index in [1.165, 1.54) is 5.56 Å². The van der Waals surface area contributed by atoms with E-state index in [9.17, 15) is 5.11 Å². The first-order valence-corrected chi connectivity index (χ1v) is 7.24. The van der Waals surface area contributed by atoms with E-state index in [4.69, 9.17) is 0 Å². The fourth-order valence-electron chi connectivity index (χ4n) is 2.17. The number of aliphatic hydroxyl groups is 1. The normalized spacial score (nSPS) is 14.7. The van der Waals surface area contributed by atoms with Crippen LogP contribution < -0.4 is 0 Å². The summed E-state index contributed by atoms with van der Waals surface area (Å²) in [5, 5.41) is 12.7. The summed E-state index contributed by atoms with van der Waals surface area (Å²) < 4.78 is 0. The van der Waals surface area contributed by atoms with Crippen LogP contribution in [0.5, 0.6) is 0 Å². The molecule has 2 rings (SSSR count). The molecule has 1 aromatic heterocycles. The van der Waals surface area contributed by atoms with Crippen LogP contribution in [0.1, 0.15) is 36.8 Å². The van der Waals surface area contributed by atoms with Crippen LogP contribution in [0.25, 0.3) is 0 Å². The van der Waals surface area contributed by atoms with Crippen molar-refractivity contribution in [3.63, 3.8) is 0 Å². The van der Waals surface area contributed by atoms with Gasteiger partial charge in [0.1, 0.15) is 5.60 Å². The predicted molar refractivity (Wildman–Crippen MR) is 78.0 cm³/mol. The van der Waals surface area contributed by atoms with E-state index in [2.05, 4.69) is 26.0 Å². The fourth-order valence-corrected chi connectivity index (χ4v) is 2.98. The first-order chi connectivity index (χ1) is 8.50.